The number of amides is 2. The van der Waals surface area contributed by atoms with Gasteiger partial charge in [-0.1, -0.05) is 12.1 Å². The van der Waals surface area contributed by atoms with Crippen LogP contribution in [0.1, 0.15) is 6.42 Å². The van der Waals surface area contributed by atoms with E-state index in [0.717, 1.165) is 10.2 Å². The fourth-order valence-corrected chi connectivity index (χ4v) is 4.67. The van der Waals surface area contributed by atoms with Crippen LogP contribution in [0.2, 0.25) is 0 Å². The molecule has 30 heavy (non-hydrogen) atoms. The number of hydrogen-bond donors (Lipinski definition) is 2. The number of nitrogens with one attached hydrogen (secondary N) is 2. The van der Waals surface area contributed by atoms with E-state index in [2.05, 4.69) is 26.0 Å². The van der Waals surface area contributed by atoms with Crippen LogP contribution in [-0.4, -0.2) is 47.0 Å². The number of sulfonamides is 1. The fourth-order valence-electron chi connectivity index (χ4n) is 3.14. The monoisotopic (exact) mass is 495 g/mol. The summed E-state index contributed by atoms with van der Waals surface area (Å²) in [7, 11) is -2.18. The average molecular weight is 496 g/mol. The molecule has 10 heteroatoms. The van der Waals surface area contributed by atoms with E-state index >= 15 is 0 Å². The lowest BCUT2D eigenvalue weighted by molar-refractivity contribution is -0.126. The third-order valence-electron chi connectivity index (χ3n) is 4.73. The Bertz CT molecular complexity index is 1030. The molecule has 2 aromatic rings. The maximum Gasteiger partial charge on any atom is 0.240 e. The zero-order chi connectivity index (χ0) is 21.7. The minimum atomic E-state index is -3.68. The van der Waals surface area contributed by atoms with Gasteiger partial charge >= 0.3 is 0 Å². The highest BCUT2D eigenvalue weighted by Gasteiger charge is 2.35. The Balaban J connectivity index is 1.49. The van der Waals surface area contributed by atoms with Crippen molar-refractivity contribution >= 4 is 43.5 Å². The molecule has 1 aliphatic rings. The molecule has 0 aliphatic carbocycles. The number of halogens is 1. The Morgan fingerprint density at radius 1 is 1.17 bits per heavy atom. The summed E-state index contributed by atoms with van der Waals surface area (Å²) in [6.07, 6.45) is 0.116. The van der Waals surface area contributed by atoms with Crippen LogP contribution >= 0.6 is 15.9 Å². The van der Waals surface area contributed by atoms with Gasteiger partial charge < -0.3 is 15.0 Å². The van der Waals surface area contributed by atoms with Gasteiger partial charge in [-0.15, -0.1) is 0 Å². The van der Waals surface area contributed by atoms with Crippen molar-refractivity contribution in [3.63, 3.8) is 0 Å². The molecule has 1 fully saturated rings. The zero-order valence-electron chi connectivity index (χ0n) is 16.3. The van der Waals surface area contributed by atoms with Gasteiger partial charge in [-0.05, 0) is 52.3 Å². The second kappa shape index (κ2) is 9.59. The van der Waals surface area contributed by atoms with Gasteiger partial charge in [-0.3, -0.25) is 9.59 Å². The SMILES string of the molecule is COc1ccc(S(=O)(=O)NCCNC(=O)C2CC(=O)N(c3ccccc3Br)C2)cc1. The van der Waals surface area contributed by atoms with E-state index in [-0.39, 0.29) is 42.8 Å². The first kappa shape index (κ1) is 22.3. The number of hydrogen-bond acceptors (Lipinski definition) is 5. The molecule has 1 aliphatic heterocycles. The van der Waals surface area contributed by atoms with E-state index in [1.165, 1.54) is 19.2 Å². The van der Waals surface area contributed by atoms with Crippen LogP contribution in [-0.2, 0) is 19.6 Å². The number of para-hydroxylation sites is 1. The first-order chi connectivity index (χ1) is 14.3. The Kier molecular flexibility index (Phi) is 7.11. The minimum Gasteiger partial charge on any atom is -0.497 e. The molecule has 0 bridgehead atoms. The van der Waals surface area contributed by atoms with Crippen molar-refractivity contribution in [2.45, 2.75) is 11.3 Å². The minimum absolute atomic E-state index is 0.0364. The quantitative estimate of drug-likeness (QED) is 0.544. The van der Waals surface area contributed by atoms with Crippen molar-refractivity contribution in [2.75, 3.05) is 31.6 Å². The predicted octanol–water partition coefficient (Wildman–Crippen LogP) is 1.91. The highest BCUT2D eigenvalue weighted by Crippen LogP contribution is 2.31. The molecule has 2 aromatic carbocycles. The maximum atomic E-state index is 12.4. The van der Waals surface area contributed by atoms with E-state index in [9.17, 15) is 18.0 Å². The number of methoxy groups -OCH3 is 1. The zero-order valence-corrected chi connectivity index (χ0v) is 18.7. The van der Waals surface area contributed by atoms with Gasteiger partial charge in [0.2, 0.25) is 21.8 Å². The molecule has 1 atom stereocenters. The molecule has 0 saturated carbocycles. The summed E-state index contributed by atoms with van der Waals surface area (Å²) in [5, 5.41) is 2.70. The molecule has 8 nitrogen and oxygen atoms in total. The Morgan fingerprint density at radius 2 is 1.87 bits per heavy atom. The van der Waals surface area contributed by atoms with E-state index in [0.29, 0.717) is 5.75 Å². The van der Waals surface area contributed by atoms with Crippen molar-refractivity contribution in [1.29, 1.82) is 0 Å². The summed E-state index contributed by atoms with van der Waals surface area (Å²) in [5.41, 5.74) is 0.727. The van der Waals surface area contributed by atoms with Crippen molar-refractivity contribution in [1.82, 2.24) is 10.0 Å². The Labute approximate surface area is 183 Å². The van der Waals surface area contributed by atoms with Crippen molar-refractivity contribution in [2.24, 2.45) is 5.92 Å². The van der Waals surface area contributed by atoms with Gasteiger partial charge in [0.1, 0.15) is 5.75 Å². The standard InChI is InChI=1S/C20H22BrN3O5S/c1-29-15-6-8-16(9-7-15)30(27,28)23-11-10-22-20(26)14-12-19(25)24(13-14)18-5-3-2-4-17(18)21/h2-9,14,23H,10-13H2,1H3,(H,22,26). The Morgan fingerprint density at radius 3 is 2.53 bits per heavy atom. The van der Waals surface area contributed by atoms with Crippen molar-refractivity contribution in [3.8, 4) is 5.75 Å². The average Bonchev–Trinajstić information content (AvgIpc) is 3.13. The van der Waals surface area contributed by atoms with Gasteiger partial charge in [-0.2, -0.15) is 0 Å². The molecule has 1 unspecified atom stereocenters. The van der Waals surface area contributed by atoms with Crippen LogP contribution in [0.4, 0.5) is 5.69 Å². The highest BCUT2D eigenvalue weighted by atomic mass is 79.9. The predicted molar refractivity (Wildman–Crippen MR) is 116 cm³/mol. The van der Waals surface area contributed by atoms with Crippen LogP contribution < -0.4 is 19.7 Å². The summed E-state index contributed by atoms with van der Waals surface area (Å²) < 4.78 is 32.8. The van der Waals surface area contributed by atoms with Crippen LogP contribution in [0.5, 0.6) is 5.75 Å². The lowest BCUT2D eigenvalue weighted by atomic mass is 10.1. The number of carbonyl (C=O) groups is 2. The van der Waals surface area contributed by atoms with Crippen LogP contribution in [0, 0.1) is 5.92 Å². The molecule has 2 amide bonds. The summed E-state index contributed by atoms with van der Waals surface area (Å²) in [6.45, 7) is 0.438. The number of nitrogens with zero attached hydrogens (tertiary/aromatic N) is 1. The lowest BCUT2D eigenvalue weighted by Crippen LogP contribution is -2.38. The normalized spacial score (nSPS) is 16.5. The molecular formula is C20H22BrN3O5S. The fraction of sp³-hybridized carbons (Fsp3) is 0.300. The topological polar surface area (TPSA) is 105 Å². The van der Waals surface area contributed by atoms with Gasteiger partial charge in [0.15, 0.2) is 0 Å². The van der Waals surface area contributed by atoms with E-state index in [1.807, 2.05) is 24.3 Å². The maximum absolute atomic E-state index is 12.4. The van der Waals surface area contributed by atoms with E-state index < -0.39 is 15.9 Å². The van der Waals surface area contributed by atoms with Crippen LogP contribution in [0.25, 0.3) is 0 Å². The van der Waals surface area contributed by atoms with Gasteiger partial charge in [0.05, 0.1) is 23.6 Å². The van der Waals surface area contributed by atoms with E-state index in [1.54, 1.807) is 17.0 Å². The molecular weight excluding hydrogens is 474 g/mol. The second-order valence-electron chi connectivity index (χ2n) is 6.72. The molecule has 0 radical (unpaired) electrons. The highest BCUT2D eigenvalue weighted by molar-refractivity contribution is 9.10. The molecule has 3 rings (SSSR count). The molecule has 0 spiro atoms. The van der Waals surface area contributed by atoms with Crippen molar-refractivity contribution in [3.05, 3.63) is 53.0 Å². The molecule has 2 N–H and O–H groups in total. The number of rotatable bonds is 8. The number of ether oxygens (including phenoxy) is 1. The number of anilines is 1. The summed E-state index contributed by atoms with van der Waals surface area (Å²) in [4.78, 5) is 26.5. The number of carbonyl (C=O) groups excluding carboxylic acids is 2. The van der Waals surface area contributed by atoms with Crippen molar-refractivity contribution < 1.29 is 22.7 Å². The van der Waals surface area contributed by atoms with Gasteiger partial charge in [-0.25, -0.2) is 13.1 Å². The smallest absolute Gasteiger partial charge is 0.240 e. The number of benzene rings is 2. The summed E-state index contributed by atoms with van der Waals surface area (Å²) in [5.74, 6) is -0.324. The molecule has 0 aromatic heterocycles. The largest absolute Gasteiger partial charge is 0.497 e. The summed E-state index contributed by atoms with van der Waals surface area (Å²) >= 11 is 3.42. The third-order valence-corrected chi connectivity index (χ3v) is 6.87. The summed E-state index contributed by atoms with van der Waals surface area (Å²) in [6, 6.07) is 13.3. The Hall–Kier alpha value is -2.43. The molecule has 160 valence electrons. The molecule has 1 heterocycles. The lowest BCUT2D eigenvalue weighted by Gasteiger charge is -2.18. The van der Waals surface area contributed by atoms with Gasteiger partial charge in [0.25, 0.3) is 0 Å². The first-order valence-electron chi connectivity index (χ1n) is 9.28. The third kappa shape index (κ3) is 5.18. The second-order valence-corrected chi connectivity index (χ2v) is 9.34. The van der Waals surface area contributed by atoms with Crippen LogP contribution in [0.3, 0.4) is 0 Å². The van der Waals surface area contributed by atoms with Crippen LogP contribution in [0.15, 0.2) is 57.9 Å². The molecule has 1 saturated heterocycles. The van der Waals surface area contributed by atoms with E-state index in [4.69, 9.17) is 4.74 Å². The first-order valence-corrected chi connectivity index (χ1v) is 11.6. The van der Waals surface area contributed by atoms with Gasteiger partial charge in [0, 0.05) is 30.5 Å².